The third-order valence-electron chi connectivity index (χ3n) is 2.94. The first-order valence-corrected chi connectivity index (χ1v) is 7.38. The minimum atomic E-state index is -4.43. The molecular weight excluding hydrogens is 295 g/mol. The second kappa shape index (κ2) is 4.81. The van der Waals surface area contributed by atoms with Crippen LogP contribution in [0.3, 0.4) is 0 Å². The molecule has 0 saturated heterocycles. The van der Waals surface area contributed by atoms with Crippen LogP contribution in [0.15, 0.2) is 23.1 Å². The summed E-state index contributed by atoms with van der Waals surface area (Å²) in [6, 6.07) is 3.38. The highest BCUT2D eigenvalue weighted by atomic mass is 32.2. The van der Waals surface area contributed by atoms with E-state index in [-0.39, 0.29) is 22.3 Å². The molecule has 0 aromatic heterocycles. The lowest BCUT2D eigenvalue weighted by molar-refractivity contribution is -0.120. The van der Waals surface area contributed by atoms with E-state index in [1.807, 2.05) is 0 Å². The van der Waals surface area contributed by atoms with Gasteiger partial charge < -0.3 is 10.6 Å². The first-order chi connectivity index (χ1) is 9.08. The van der Waals surface area contributed by atoms with Crippen molar-refractivity contribution in [3.63, 3.8) is 0 Å². The van der Waals surface area contributed by atoms with Crippen molar-refractivity contribution in [3.8, 4) is 0 Å². The van der Waals surface area contributed by atoms with Crippen LogP contribution < -0.4 is 15.8 Å². The number of nitrogen functional groups attached to an aromatic ring is 1. The van der Waals surface area contributed by atoms with Gasteiger partial charge in [0.05, 0.1) is 5.69 Å². The number of halogens is 3. The molecule has 0 spiro atoms. The van der Waals surface area contributed by atoms with E-state index in [0.29, 0.717) is 12.8 Å². The molecule has 1 aromatic rings. The van der Waals surface area contributed by atoms with Crippen LogP contribution in [0.5, 0.6) is 0 Å². The zero-order valence-corrected chi connectivity index (χ0v) is 11.2. The summed E-state index contributed by atoms with van der Waals surface area (Å²) >= 11 is 0. The van der Waals surface area contributed by atoms with Gasteiger partial charge >= 0.3 is 6.18 Å². The number of hydrogen-bond acceptors (Lipinski definition) is 4. The Labute approximate surface area is 114 Å². The highest BCUT2D eigenvalue weighted by Gasteiger charge is 2.39. The summed E-state index contributed by atoms with van der Waals surface area (Å²) < 4.78 is 61.0. The Bertz CT molecular complexity index is 612. The highest BCUT2D eigenvalue weighted by Crippen LogP contribution is 2.37. The van der Waals surface area contributed by atoms with Gasteiger partial charge in [-0.15, -0.1) is 0 Å². The van der Waals surface area contributed by atoms with Gasteiger partial charge in [0.1, 0.15) is 11.4 Å². The van der Waals surface area contributed by atoms with Crippen molar-refractivity contribution in [3.05, 3.63) is 18.2 Å². The lowest BCUT2D eigenvalue weighted by atomic mass is 10.2. The molecule has 4 N–H and O–H groups in total. The van der Waals surface area contributed by atoms with Crippen molar-refractivity contribution in [1.82, 2.24) is 0 Å². The van der Waals surface area contributed by atoms with Gasteiger partial charge in [0.2, 0.25) is 10.0 Å². The standard InChI is InChI=1S/C11H14F3N3O2S/c12-11(13,14)6-17(8-2-3-8)9-4-1-7(15)5-10(9)20(16,18)19/h1,4-5,8H,2-3,6,15H2,(H2,16,18,19). The van der Waals surface area contributed by atoms with Gasteiger partial charge in [0.25, 0.3) is 0 Å². The summed E-state index contributed by atoms with van der Waals surface area (Å²) in [7, 11) is -4.15. The topological polar surface area (TPSA) is 89.4 Å². The van der Waals surface area contributed by atoms with E-state index in [0.717, 1.165) is 11.0 Å². The summed E-state index contributed by atoms with van der Waals surface area (Å²) in [6.45, 7) is -1.22. The van der Waals surface area contributed by atoms with E-state index in [1.165, 1.54) is 12.1 Å². The maximum atomic E-state index is 12.6. The minimum Gasteiger partial charge on any atom is -0.399 e. The van der Waals surface area contributed by atoms with Gasteiger partial charge in [-0.25, -0.2) is 13.6 Å². The predicted molar refractivity (Wildman–Crippen MR) is 68.7 cm³/mol. The molecule has 1 fully saturated rings. The van der Waals surface area contributed by atoms with Gasteiger partial charge in [-0.05, 0) is 31.0 Å². The Hall–Kier alpha value is -1.48. The number of anilines is 2. The molecule has 112 valence electrons. The van der Waals surface area contributed by atoms with Crippen LogP contribution in [-0.2, 0) is 10.0 Å². The van der Waals surface area contributed by atoms with E-state index in [2.05, 4.69) is 0 Å². The summed E-state index contributed by atoms with van der Waals surface area (Å²) in [5.41, 5.74) is 5.55. The maximum Gasteiger partial charge on any atom is 0.405 e. The Balaban J connectivity index is 2.48. The zero-order chi connectivity index (χ0) is 15.1. The molecule has 0 amide bonds. The van der Waals surface area contributed by atoms with E-state index in [4.69, 9.17) is 10.9 Å². The fraction of sp³-hybridized carbons (Fsp3) is 0.455. The molecule has 9 heteroatoms. The fourth-order valence-electron chi connectivity index (χ4n) is 1.99. The summed E-state index contributed by atoms with van der Waals surface area (Å²) in [6.07, 6.45) is -3.26. The van der Waals surface area contributed by atoms with Crippen LogP contribution in [0.1, 0.15) is 12.8 Å². The van der Waals surface area contributed by atoms with Gasteiger partial charge in [0, 0.05) is 11.7 Å². The molecule has 0 aliphatic heterocycles. The second-order valence-electron chi connectivity index (χ2n) is 4.75. The van der Waals surface area contributed by atoms with Gasteiger partial charge in [0.15, 0.2) is 0 Å². The summed E-state index contributed by atoms with van der Waals surface area (Å²) in [5.74, 6) is 0. The summed E-state index contributed by atoms with van der Waals surface area (Å²) in [5, 5.41) is 5.06. The Morgan fingerprint density at radius 1 is 1.30 bits per heavy atom. The number of sulfonamides is 1. The average Bonchev–Trinajstić information content (AvgIpc) is 3.07. The first kappa shape index (κ1) is 14.9. The molecule has 0 radical (unpaired) electrons. The monoisotopic (exact) mass is 309 g/mol. The Morgan fingerprint density at radius 3 is 2.35 bits per heavy atom. The van der Waals surface area contributed by atoms with Crippen LogP contribution in [0, 0.1) is 0 Å². The normalized spacial score (nSPS) is 16.2. The average molecular weight is 309 g/mol. The third kappa shape index (κ3) is 3.54. The molecule has 1 aliphatic rings. The van der Waals surface area contributed by atoms with E-state index in [1.54, 1.807) is 0 Å². The van der Waals surface area contributed by atoms with Crippen LogP contribution in [0.25, 0.3) is 0 Å². The van der Waals surface area contributed by atoms with E-state index in [9.17, 15) is 21.6 Å². The molecule has 5 nitrogen and oxygen atoms in total. The minimum absolute atomic E-state index is 0.0541. The predicted octanol–water partition coefficient (Wildman–Crippen LogP) is 1.45. The van der Waals surface area contributed by atoms with Crippen LogP contribution in [0.4, 0.5) is 24.5 Å². The molecule has 20 heavy (non-hydrogen) atoms. The van der Waals surface area contributed by atoms with Crippen molar-refractivity contribution in [1.29, 1.82) is 0 Å². The number of benzene rings is 1. The van der Waals surface area contributed by atoms with E-state index < -0.39 is 22.7 Å². The third-order valence-corrected chi connectivity index (χ3v) is 3.88. The maximum absolute atomic E-state index is 12.6. The molecule has 2 rings (SSSR count). The van der Waals surface area contributed by atoms with Crippen molar-refractivity contribution < 1.29 is 21.6 Å². The SMILES string of the molecule is Nc1ccc(N(CC(F)(F)F)C2CC2)c(S(N)(=O)=O)c1. The largest absolute Gasteiger partial charge is 0.405 e. The lowest BCUT2D eigenvalue weighted by Crippen LogP contribution is -2.37. The highest BCUT2D eigenvalue weighted by molar-refractivity contribution is 7.89. The first-order valence-electron chi connectivity index (χ1n) is 5.83. The number of alkyl halides is 3. The van der Waals surface area contributed by atoms with Gasteiger partial charge in [-0.2, -0.15) is 13.2 Å². The fourth-order valence-corrected chi connectivity index (χ4v) is 2.76. The number of nitrogens with zero attached hydrogens (tertiary/aromatic N) is 1. The number of nitrogens with two attached hydrogens (primary N) is 2. The summed E-state index contributed by atoms with van der Waals surface area (Å²) in [4.78, 5) is 0.646. The quantitative estimate of drug-likeness (QED) is 0.824. The zero-order valence-electron chi connectivity index (χ0n) is 10.4. The van der Waals surface area contributed by atoms with Crippen LogP contribution >= 0.6 is 0 Å². The number of rotatable bonds is 4. The van der Waals surface area contributed by atoms with Crippen molar-refractivity contribution in [2.45, 2.75) is 30.0 Å². The lowest BCUT2D eigenvalue weighted by Gasteiger charge is -2.27. The molecule has 1 saturated carbocycles. The van der Waals surface area contributed by atoms with Crippen molar-refractivity contribution >= 4 is 21.4 Å². The second-order valence-corrected chi connectivity index (χ2v) is 6.28. The number of hydrogen-bond donors (Lipinski definition) is 2. The van der Waals surface area contributed by atoms with E-state index >= 15 is 0 Å². The Kier molecular flexibility index (Phi) is 3.59. The molecule has 0 atom stereocenters. The molecule has 1 aliphatic carbocycles. The molecule has 0 heterocycles. The molecule has 0 unspecified atom stereocenters. The van der Waals surface area contributed by atoms with Crippen LogP contribution in [0.2, 0.25) is 0 Å². The molecule has 1 aromatic carbocycles. The van der Waals surface area contributed by atoms with Gasteiger partial charge in [-0.3, -0.25) is 0 Å². The Morgan fingerprint density at radius 2 is 1.90 bits per heavy atom. The van der Waals surface area contributed by atoms with Crippen LogP contribution in [-0.4, -0.2) is 27.2 Å². The molecule has 0 bridgehead atoms. The molecular formula is C11H14F3N3O2S. The smallest absolute Gasteiger partial charge is 0.399 e. The number of primary sulfonamides is 1. The van der Waals surface area contributed by atoms with Crippen molar-refractivity contribution in [2.24, 2.45) is 5.14 Å². The van der Waals surface area contributed by atoms with Crippen molar-refractivity contribution in [2.75, 3.05) is 17.2 Å². The van der Waals surface area contributed by atoms with Gasteiger partial charge in [-0.1, -0.05) is 0 Å².